The highest BCUT2D eigenvalue weighted by Gasteiger charge is 2.47. The molecule has 1 fully saturated rings. The average Bonchev–Trinajstić information content (AvgIpc) is 2.98. The van der Waals surface area contributed by atoms with E-state index in [1.807, 2.05) is 0 Å². The van der Waals surface area contributed by atoms with E-state index in [1.54, 1.807) is 12.1 Å². The molecular formula is C21H27N3O7S2. The molecule has 0 amide bonds. The SMILES string of the molecule is COc1ccc(S(=O)(=O)N2CCCCC(N(c3ccccc3N)S(C)(=O)=O)C2C(=O)O)cc1. The number of carboxylic acid groups (broad SMARTS) is 1. The number of nitrogens with zero attached hydrogens (tertiary/aromatic N) is 2. The molecule has 0 radical (unpaired) electrons. The number of nitrogen functional groups attached to an aromatic ring is 1. The maximum absolute atomic E-state index is 13.5. The van der Waals surface area contributed by atoms with E-state index >= 15 is 0 Å². The van der Waals surface area contributed by atoms with Crippen LogP contribution in [0.3, 0.4) is 0 Å². The molecular weight excluding hydrogens is 470 g/mol. The highest BCUT2D eigenvalue weighted by molar-refractivity contribution is 7.92. The van der Waals surface area contributed by atoms with Crippen molar-refractivity contribution in [3.8, 4) is 5.75 Å². The van der Waals surface area contributed by atoms with Crippen LogP contribution in [0.25, 0.3) is 0 Å². The number of nitrogens with two attached hydrogens (primary N) is 1. The summed E-state index contributed by atoms with van der Waals surface area (Å²) >= 11 is 0. The van der Waals surface area contributed by atoms with E-state index in [4.69, 9.17) is 10.5 Å². The molecule has 3 rings (SSSR count). The summed E-state index contributed by atoms with van der Waals surface area (Å²) in [7, 11) is -6.84. The smallest absolute Gasteiger partial charge is 0.324 e. The first kappa shape index (κ1) is 24.8. The van der Waals surface area contributed by atoms with E-state index in [2.05, 4.69) is 0 Å². The van der Waals surface area contributed by atoms with E-state index in [-0.39, 0.29) is 29.2 Å². The highest BCUT2D eigenvalue weighted by atomic mass is 32.2. The molecule has 12 heteroatoms. The highest BCUT2D eigenvalue weighted by Crippen LogP contribution is 2.35. The van der Waals surface area contributed by atoms with Gasteiger partial charge in [-0.15, -0.1) is 0 Å². The first-order valence-electron chi connectivity index (χ1n) is 10.2. The predicted molar refractivity (Wildman–Crippen MR) is 124 cm³/mol. The Balaban J connectivity index is 2.15. The van der Waals surface area contributed by atoms with Crippen molar-refractivity contribution in [3.05, 3.63) is 48.5 Å². The Hall–Kier alpha value is -2.83. The number of hydrogen-bond acceptors (Lipinski definition) is 7. The van der Waals surface area contributed by atoms with Crippen LogP contribution in [0, 0.1) is 0 Å². The van der Waals surface area contributed by atoms with E-state index in [9.17, 15) is 26.7 Å². The number of sulfonamides is 2. The van der Waals surface area contributed by atoms with Crippen molar-refractivity contribution in [1.29, 1.82) is 0 Å². The van der Waals surface area contributed by atoms with Crippen LogP contribution in [-0.2, 0) is 24.8 Å². The lowest BCUT2D eigenvalue weighted by Gasteiger charge is -2.38. The molecule has 0 saturated carbocycles. The van der Waals surface area contributed by atoms with Crippen molar-refractivity contribution in [2.75, 3.05) is 29.9 Å². The van der Waals surface area contributed by atoms with E-state index in [0.717, 1.165) is 14.9 Å². The molecule has 3 N–H and O–H groups in total. The molecule has 2 unspecified atom stereocenters. The normalized spacial score (nSPS) is 20.1. The van der Waals surface area contributed by atoms with Crippen LogP contribution in [0.15, 0.2) is 53.4 Å². The Morgan fingerprint density at radius 1 is 1.09 bits per heavy atom. The monoisotopic (exact) mass is 497 g/mol. The minimum atomic E-state index is -4.26. The Kier molecular flexibility index (Phi) is 7.20. The van der Waals surface area contributed by atoms with Gasteiger partial charge < -0.3 is 15.6 Å². The minimum absolute atomic E-state index is 0.0658. The van der Waals surface area contributed by atoms with Crippen molar-refractivity contribution < 1.29 is 31.5 Å². The second-order valence-corrected chi connectivity index (χ2v) is 11.5. The molecule has 1 aliphatic heterocycles. The quantitative estimate of drug-likeness (QED) is 0.550. The summed E-state index contributed by atoms with van der Waals surface area (Å²) in [5.41, 5.74) is 6.28. The number of hydrogen-bond donors (Lipinski definition) is 2. The largest absolute Gasteiger partial charge is 0.497 e. The number of carbonyl (C=O) groups is 1. The number of benzene rings is 2. The number of anilines is 2. The Morgan fingerprint density at radius 3 is 2.27 bits per heavy atom. The van der Waals surface area contributed by atoms with Crippen molar-refractivity contribution >= 4 is 37.4 Å². The molecule has 2 aromatic rings. The Labute approximate surface area is 193 Å². The molecule has 1 saturated heterocycles. The molecule has 0 aromatic heterocycles. The van der Waals surface area contributed by atoms with Gasteiger partial charge in [0.1, 0.15) is 11.8 Å². The van der Waals surface area contributed by atoms with Gasteiger partial charge >= 0.3 is 5.97 Å². The fraction of sp³-hybridized carbons (Fsp3) is 0.381. The van der Waals surface area contributed by atoms with Crippen LogP contribution >= 0.6 is 0 Å². The van der Waals surface area contributed by atoms with E-state index < -0.39 is 38.1 Å². The molecule has 0 aliphatic carbocycles. The molecule has 2 aromatic carbocycles. The van der Waals surface area contributed by atoms with Gasteiger partial charge in [-0.2, -0.15) is 4.31 Å². The fourth-order valence-electron chi connectivity index (χ4n) is 4.09. The number of rotatable bonds is 7. The summed E-state index contributed by atoms with van der Waals surface area (Å²) in [5.74, 6) is -0.998. The molecule has 1 heterocycles. The van der Waals surface area contributed by atoms with Gasteiger partial charge in [-0.3, -0.25) is 9.10 Å². The third kappa shape index (κ3) is 5.07. The summed E-state index contributed by atoms with van der Waals surface area (Å²) in [6.45, 7) is -0.0658. The van der Waals surface area contributed by atoms with Gasteiger partial charge in [0, 0.05) is 6.54 Å². The van der Waals surface area contributed by atoms with Gasteiger partial charge in [-0.1, -0.05) is 12.1 Å². The van der Waals surface area contributed by atoms with Crippen molar-refractivity contribution in [2.45, 2.75) is 36.2 Å². The number of ether oxygens (including phenoxy) is 1. The second-order valence-electron chi connectivity index (χ2n) is 7.76. The maximum atomic E-state index is 13.5. The number of para-hydroxylation sites is 2. The predicted octanol–water partition coefficient (Wildman–Crippen LogP) is 1.74. The van der Waals surface area contributed by atoms with Crippen molar-refractivity contribution in [3.63, 3.8) is 0 Å². The molecule has 0 spiro atoms. The van der Waals surface area contributed by atoms with Gasteiger partial charge in [0.2, 0.25) is 20.0 Å². The van der Waals surface area contributed by atoms with Gasteiger partial charge in [0.05, 0.1) is 35.7 Å². The third-order valence-electron chi connectivity index (χ3n) is 5.55. The zero-order chi connectivity index (χ0) is 24.4. The van der Waals surface area contributed by atoms with Crippen LogP contribution in [0.1, 0.15) is 19.3 Å². The van der Waals surface area contributed by atoms with Crippen LogP contribution in [0.4, 0.5) is 11.4 Å². The van der Waals surface area contributed by atoms with Crippen molar-refractivity contribution in [2.24, 2.45) is 0 Å². The van der Waals surface area contributed by atoms with Gasteiger partial charge in [0.25, 0.3) is 0 Å². The van der Waals surface area contributed by atoms with Crippen LogP contribution < -0.4 is 14.8 Å². The second kappa shape index (κ2) is 9.57. The zero-order valence-corrected chi connectivity index (χ0v) is 19.9. The maximum Gasteiger partial charge on any atom is 0.324 e. The number of carboxylic acids is 1. The lowest BCUT2D eigenvalue weighted by atomic mass is 10.0. The Bertz CT molecular complexity index is 1210. The van der Waals surface area contributed by atoms with E-state index in [0.29, 0.717) is 18.6 Å². The zero-order valence-electron chi connectivity index (χ0n) is 18.3. The van der Waals surface area contributed by atoms with Crippen LogP contribution in [-0.4, -0.2) is 64.2 Å². The summed E-state index contributed by atoms with van der Waals surface area (Å²) in [6.07, 6.45) is 1.90. The average molecular weight is 498 g/mol. The van der Waals surface area contributed by atoms with Gasteiger partial charge in [-0.05, 0) is 55.7 Å². The number of aliphatic carboxylic acids is 1. The van der Waals surface area contributed by atoms with E-state index in [1.165, 1.54) is 43.5 Å². The summed E-state index contributed by atoms with van der Waals surface area (Å²) in [6, 6.07) is 8.92. The molecule has 10 nitrogen and oxygen atoms in total. The standard InChI is InChI=1S/C21H27N3O7S2/c1-31-15-10-12-16(13-11-15)33(29,30)23-14-6-5-9-19(20(23)21(25)26)24(32(2,27)28)18-8-4-3-7-17(18)22/h3-4,7-8,10-13,19-20H,5-6,9,14,22H2,1-2H3,(H,25,26). The van der Waals surface area contributed by atoms with Crippen LogP contribution in [0.5, 0.6) is 5.75 Å². The number of methoxy groups -OCH3 is 1. The van der Waals surface area contributed by atoms with Gasteiger partial charge in [0.15, 0.2) is 0 Å². The molecule has 0 bridgehead atoms. The Morgan fingerprint density at radius 2 is 1.73 bits per heavy atom. The lowest BCUT2D eigenvalue weighted by molar-refractivity contribution is -0.142. The topological polar surface area (TPSA) is 147 Å². The summed E-state index contributed by atoms with van der Waals surface area (Å²) in [5, 5.41) is 10.1. The molecule has 180 valence electrons. The first-order chi connectivity index (χ1) is 15.5. The first-order valence-corrected chi connectivity index (χ1v) is 13.5. The molecule has 1 aliphatic rings. The molecule has 2 atom stereocenters. The van der Waals surface area contributed by atoms with Crippen molar-refractivity contribution in [1.82, 2.24) is 4.31 Å². The summed E-state index contributed by atoms with van der Waals surface area (Å²) in [4.78, 5) is 12.4. The minimum Gasteiger partial charge on any atom is -0.497 e. The van der Waals surface area contributed by atoms with Gasteiger partial charge in [-0.25, -0.2) is 16.8 Å². The molecule has 33 heavy (non-hydrogen) atoms. The van der Waals surface area contributed by atoms with Crippen LogP contribution in [0.2, 0.25) is 0 Å². The fourth-order valence-corrected chi connectivity index (χ4v) is 6.97. The summed E-state index contributed by atoms with van der Waals surface area (Å²) < 4.78 is 59.6. The third-order valence-corrected chi connectivity index (χ3v) is 8.63. The lowest BCUT2D eigenvalue weighted by Crippen LogP contribution is -2.57.